The Balaban J connectivity index is 1.86. The number of hydrogen-bond donors (Lipinski definition) is 0. The molecule has 0 aliphatic carbocycles. The fourth-order valence-electron chi connectivity index (χ4n) is 2.98. The second kappa shape index (κ2) is 8.81. The molecular weight excluding hydrogens is 342 g/mol. The third-order valence-corrected chi connectivity index (χ3v) is 4.69. The highest BCUT2D eigenvalue weighted by Crippen LogP contribution is 2.32. The lowest BCUT2D eigenvalue weighted by atomic mass is 9.98. The summed E-state index contributed by atoms with van der Waals surface area (Å²) in [7, 11) is 0. The van der Waals surface area contributed by atoms with Crippen LogP contribution in [0, 0.1) is 11.6 Å². The Kier molecular flexibility index (Phi) is 6.23. The number of halogens is 2. The van der Waals surface area contributed by atoms with E-state index in [-0.39, 0.29) is 11.1 Å². The Bertz CT molecular complexity index is 884. The predicted octanol–water partition coefficient (Wildman–Crippen LogP) is 7.04. The summed E-state index contributed by atoms with van der Waals surface area (Å²) in [5, 5.41) is 0. The summed E-state index contributed by atoms with van der Waals surface area (Å²) >= 11 is 0. The minimum atomic E-state index is -0.827. The summed E-state index contributed by atoms with van der Waals surface area (Å²) < 4.78 is 35.0. The van der Waals surface area contributed by atoms with Crippen LogP contribution in [0.25, 0.3) is 22.3 Å². The van der Waals surface area contributed by atoms with Gasteiger partial charge in [0.1, 0.15) is 5.75 Å². The molecule has 3 aromatic rings. The molecule has 0 aliphatic rings. The van der Waals surface area contributed by atoms with Crippen molar-refractivity contribution in [3.05, 3.63) is 77.9 Å². The first-order chi connectivity index (χ1) is 13.1. The molecule has 0 aromatic heterocycles. The average Bonchev–Trinajstić information content (AvgIpc) is 2.71. The molecule has 27 heavy (non-hydrogen) atoms. The highest BCUT2D eigenvalue weighted by atomic mass is 19.2. The summed E-state index contributed by atoms with van der Waals surface area (Å²) in [5.41, 5.74) is 2.99. The number of rotatable bonds is 7. The maximum absolute atomic E-state index is 14.7. The first-order valence-electron chi connectivity index (χ1n) is 9.44. The molecule has 0 aliphatic heterocycles. The zero-order chi connectivity index (χ0) is 19.2. The van der Waals surface area contributed by atoms with Crippen LogP contribution in [0.5, 0.6) is 5.75 Å². The van der Waals surface area contributed by atoms with E-state index in [0.29, 0.717) is 17.7 Å². The molecule has 0 heterocycles. The minimum Gasteiger partial charge on any atom is -0.494 e. The highest BCUT2D eigenvalue weighted by molar-refractivity contribution is 5.72. The van der Waals surface area contributed by atoms with E-state index in [1.165, 1.54) is 0 Å². The summed E-state index contributed by atoms with van der Waals surface area (Å²) in [4.78, 5) is 0. The van der Waals surface area contributed by atoms with Crippen LogP contribution in [0.3, 0.4) is 0 Å². The van der Waals surface area contributed by atoms with E-state index in [2.05, 4.69) is 13.8 Å². The molecular formula is C24H24F2O. The van der Waals surface area contributed by atoms with Crippen molar-refractivity contribution in [1.29, 1.82) is 0 Å². The van der Waals surface area contributed by atoms with Gasteiger partial charge in [-0.15, -0.1) is 0 Å². The Morgan fingerprint density at radius 2 is 1.22 bits per heavy atom. The van der Waals surface area contributed by atoms with E-state index in [9.17, 15) is 8.78 Å². The summed E-state index contributed by atoms with van der Waals surface area (Å²) in [6.07, 6.45) is 2.96. The minimum absolute atomic E-state index is 0.251. The molecule has 0 N–H and O–H groups in total. The third kappa shape index (κ3) is 4.36. The van der Waals surface area contributed by atoms with Gasteiger partial charge in [0.15, 0.2) is 11.6 Å². The molecule has 0 saturated carbocycles. The Hall–Kier alpha value is -2.68. The van der Waals surface area contributed by atoms with Crippen molar-refractivity contribution in [2.45, 2.75) is 33.1 Å². The fourth-order valence-corrected chi connectivity index (χ4v) is 2.98. The van der Waals surface area contributed by atoms with Crippen molar-refractivity contribution in [1.82, 2.24) is 0 Å². The van der Waals surface area contributed by atoms with Gasteiger partial charge in [-0.25, -0.2) is 8.78 Å². The van der Waals surface area contributed by atoms with Crippen molar-refractivity contribution in [3.8, 4) is 28.0 Å². The molecule has 0 spiro atoms. The van der Waals surface area contributed by atoms with Crippen LogP contribution in [-0.4, -0.2) is 6.61 Å². The molecule has 0 bridgehead atoms. The van der Waals surface area contributed by atoms with Crippen LogP contribution in [0.2, 0.25) is 0 Å². The van der Waals surface area contributed by atoms with Crippen LogP contribution in [-0.2, 0) is 6.42 Å². The van der Waals surface area contributed by atoms with E-state index < -0.39 is 11.6 Å². The molecule has 3 heteroatoms. The monoisotopic (exact) mass is 366 g/mol. The van der Waals surface area contributed by atoms with Crippen LogP contribution in [0.4, 0.5) is 8.78 Å². The van der Waals surface area contributed by atoms with Crippen molar-refractivity contribution in [3.63, 3.8) is 0 Å². The van der Waals surface area contributed by atoms with Gasteiger partial charge in [-0.05, 0) is 41.7 Å². The van der Waals surface area contributed by atoms with Crippen molar-refractivity contribution >= 4 is 0 Å². The zero-order valence-electron chi connectivity index (χ0n) is 15.8. The summed E-state index contributed by atoms with van der Waals surface area (Å²) in [6, 6.07) is 17.9. The molecule has 0 amide bonds. The Morgan fingerprint density at radius 3 is 1.70 bits per heavy atom. The molecule has 1 nitrogen and oxygen atoms in total. The number of benzene rings is 3. The molecule has 0 atom stereocenters. The predicted molar refractivity (Wildman–Crippen MR) is 107 cm³/mol. The van der Waals surface area contributed by atoms with E-state index in [4.69, 9.17) is 4.74 Å². The van der Waals surface area contributed by atoms with Gasteiger partial charge < -0.3 is 4.74 Å². The van der Waals surface area contributed by atoms with Gasteiger partial charge in [-0.3, -0.25) is 0 Å². The van der Waals surface area contributed by atoms with Crippen LogP contribution >= 0.6 is 0 Å². The van der Waals surface area contributed by atoms with Gasteiger partial charge in [-0.1, -0.05) is 68.8 Å². The quantitative estimate of drug-likeness (QED) is 0.407. The SMILES string of the molecule is CCCCOc1ccc(-c2ccc(-c3ccc(CC)cc3)c(F)c2F)cc1. The third-order valence-electron chi connectivity index (χ3n) is 4.69. The smallest absolute Gasteiger partial charge is 0.167 e. The number of unbranched alkanes of at least 4 members (excludes halogenated alkanes) is 1. The van der Waals surface area contributed by atoms with Crippen molar-refractivity contribution < 1.29 is 13.5 Å². The number of hydrogen-bond acceptors (Lipinski definition) is 1. The van der Waals surface area contributed by atoms with Gasteiger partial charge in [0.05, 0.1) is 6.61 Å². The van der Waals surface area contributed by atoms with Crippen LogP contribution in [0.1, 0.15) is 32.3 Å². The molecule has 0 fully saturated rings. The lowest BCUT2D eigenvalue weighted by Gasteiger charge is -2.11. The summed E-state index contributed by atoms with van der Waals surface area (Å²) in [6.45, 7) is 4.82. The van der Waals surface area contributed by atoms with Crippen molar-refractivity contribution in [2.75, 3.05) is 6.61 Å². The molecule has 3 aromatic carbocycles. The molecule has 0 unspecified atom stereocenters. The van der Waals surface area contributed by atoms with Gasteiger partial charge in [0, 0.05) is 11.1 Å². The van der Waals surface area contributed by atoms with Gasteiger partial charge in [-0.2, -0.15) is 0 Å². The first-order valence-corrected chi connectivity index (χ1v) is 9.44. The van der Waals surface area contributed by atoms with E-state index >= 15 is 0 Å². The van der Waals surface area contributed by atoms with Crippen molar-refractivity contribution in [2.24, 2.45) is 0 Å². The Labute approximate surface area is 159 Å². The normalized spacial score (nSPS) is 10.8. The maximum Gasteiger partial charge on any atom is 0.167 e. The van der Waals surface area contributed by atoms with Crippen LogP contribution in [0.15, 0.2) is 60.7 Å². The maximum atomic E-state index is 14.7. The van der Waals surface area contributed by atoms with Gasteiger partial charge >= 0.3 is 0 Å². The van der Waals surface area contributed by atoms with E-state index in [1.54, 1.807) is 36.4 Å². The highest BCUT2D eigenvalue weighted by Gasteiger charge is 2.16. The lowest BCUT2D eigenvalue weighted by Crippen LogP contribution is -1.97. The largest absolute Gasteiger partial charge is 0.494 e. The molecule has 140 valence electrons. The molecule has 0 saturated heterocycles. The molecule has 0 radical (unpaired) electrons. The Morgan fingerprint density at radius 1 is 0.704 bits per heavy atom. The average molecular weight is 366 g/mol. The number of ether oxygens (including phenoxy) is 1. The van der Waals surface area contributed by atoms with E-state index in [0.717, 1.165) is 30.6 Å². The zero-order valence-corrected chi connectivity index (χ0v) is 15.8. The van der Waals surface area contributed by atoms with Gasteiger partial charge in [0.25, 0.3) is 0 Å². The standard InChI is InChI=1S/C24H24F2O/c1-3-5-16-27-20-12-10-19(11-13-20)22-15-14-21(23(25)24(22)26)18-8-6-17(4-2)7-9-18/h6-15H,3-5,16H2,1-2H3. The topological polar surface area (TPSA) is 9.23 Å². The fraction of sp³-hybridized carbons (Fsp3) is 0.250. The summed E-state index contributed by atoms with van der Waals surface area (Å²) in [5.74, 6) is -0.910. The first kappa shape index (κ1) is 19.1. The van der Waals surface area contributed by atoms with E-state index in [1.807, 2.05) is 24.3 Å². The number of aryl methyl sites for hydroxylation is 1. The van der Waals surface area contributed by atoms with Crippen LogP contribution < -0.4 is 4.74 Å². The molecule has 3 rings (SSSR count). The lowest BCUT2D eigenvalue weighted by molar-refractivity contribution is 0.309. The van der Waals surface area contributed by atoms with Gasteiger partial charge in [0.2, 0.25) is 0 Å². The second-order valence-corrected chi connectivity index (χ2v) is 6.57. The second-order valence-electron chi connectivity index (χ2n) is 6.57.